The van der Waals surface area contributed by atoms with E-state index in [9.17, 15) is 13.2 Å². The maximum absolute atomic E-state index is 12.4. The van der Waals surface area contributed by atoms with Gasteiger partial charge in [0.15, 0.2) is 0 Å². The van der Waals surface area contributed by atoms with Gasteiger partial charge in [0.05, 0.1) is 18.1 Å². The molecule has 0 aliphatic carbocycles. The van der Waals surface area contributed by atoms with E-state index in [1.807, 2.05) is 24.7 Å². The van der Waals surface area contributed by atoms with Crippen LogP contribution in [0.5, 0.6) is 0 Å². The van der Waals surface area contributed by atoms with Crippen molar-refractivity contribution in [2.24, 2.45) is 0 Å². The van der Waals surface area contributed by atoms with Crippen molar-refractivity contribution in [2.45, 2.75) is 32.6 Å². The van der Waals surface area contributed by atoms with Crippen molar-refractivity contribution in [1.82, 2.24) is 14.8 Å². The third-order valence-corrected chi connectivity index (χ3v) is 2.73. The van der Waals surface area contributed by atoms with Gasteiger partial charge in [-0.05, 0) is 26.0 Å². The Morgan fingerprint density at radius 2 is 2.00 bits per heavy atom. The number of rotatable bonds is 4. The minimum Gasteiger partial charge on any atom is -0.380 e. The second-order valence-corrected chi connectivity index (χ2v) is 4.71. The lowest BCUT2D eigenvalue weighted by Crippen LogP contribution is -2.08. The van der Waals surface area contributed by atoms with Crippen LogP contribution in [0.4, 0.5) is 18.9 Å². The largest absolute Gasteiger partial charge is 0.433 e. The van der Waals surface area contributed by atoms with Crippen molar-refractivity contribution in [3.8, 4) is 0 Å². The van der Waals surface area contributed by atoms with Gasteiger partial charge in [0.25, 0.3) is 0 Å². The van der Waals surface area contributed by atoms with E-state index in [4.69, 9.17) is 0 Å². The molecule has 2 aromatic heterocycles. The lowest BCUT2D eigenvalue weighted by molar-refractivity contribution is -0.141. The van der Waals surface area contributed by atoms with Crippen molar-refractivity contribution in [1.29, 1.82) is 0 Å². The van der Waals surface area contributed by atoms with Crippen molar-refractivity contribution in [2.75, 3.05) is 5.32 Å². The Bertz CT molecular complexity index is 558. The van der Waals surface area contributed by atoms with Crippen molar-refractivity contribution >= 4 is 5.69 Å². The topological polar surface area (TPSA) is 42.7 Å². The fraction of sp³-hybridized carbons (Fsp3) is 0.385. The third-order valence-electron chi connectivity index (χ3n) is 2.73. The molecule has 2 heterocycles. The van der Waals surface area contributed by atoms with Gasteiger partial charge in [-0.3, -0.25) is 4.68 Å². The first-order valence-corrected chi connectivity index (χ1v) is 6.16. The molecule has 4 nitrogen and oxygen atoms in total. The monoisotopic (exact) mass is 284 g/mol. The highest BCUT2D eigenvalue weighted by Gasteiger charge is 2.31. The Morgan fingerprint density at radius 3 is 2.50 bits per heavy atom. The van der Waals surface area contributed by atoms with Crippen LogP contribution in [0.3, 0.4) is 0 Å². The molecular formula is C13H15F3N4. The molecular weight excluding hydrogens is 269 g/mol. The Labute approximate surface area is 114 Å². The molecule has 0 fully saturated rings. The molecule has 0 atom stereocenters. The Morgan fingerprint density at radius 1 is 1.25 bits per heavy atom. The van der Waals surface area contributed by atoms with Crippen LogP contribution in [0, 0.1) is 0 Å². The van der Waals surface area contributed by atoms with Crippen LogP contribution in [-0.2, 0) is 12.7 Å². The van der Waals surface area contributed by atoms with Gasteiger partial charge >= 0.3 is 6.18 Å². The summed E-state index contributed by atoms with van der Waals surface area (Å²) in [5.41, 5.74) is 0.601. The number of hydrogen-bond donors (Lipinski definition) is 1. The van der Waals surface area contributed by atoms with E-state index in [2.05, 4.69) is 15.4 Å². The highest BCUT2D eigenvalue weighted by Crippen LogP contribution is 2.27. The molecule has 0 aliphatic heterocycles. The molecule has 108 valence electrons. The molecule has 0 saturated carbocycles. The van der Waals surface area contributed by atoms with Gasteiger partial charge < -0.3 is 5.32 Å². The van der Waals surface area contributed by atoms with Crippen LogP contribution < -0.4 is 5.32 Å². The van der Waals surface area contributed by atoms with Gasteiger partial charge in [0, 0.05) is 24.3 Å². The smallest absolute Gasteiger partial charge is 0.380 e. The number of anilines is 1. The van der Waals surface area contributed by atoms with Crippen LogP contribution in [0.2, 0.25) is 0 Å². The van der Waals surface area contributed by atoms with Crippen molar-refractivity contribution < 1.29 is 13.2 Å². The predicted molar refractivity (Wildman–Crippen MR) is 69.2 cm³/mol. The summed E-state index contributed by atoms with van der Waals surface area (Å²) in [5, 5.41) is 7.20. The molecule has 0 saturated heterocycles. The first-order chi connectivity index (χ1) is 9.36. The Balaban J connectivity index is 1.97. The summed E-state index contributed by atoms with van der Waals surface area (Å²) < 4.78 is 38.9. The molecule has 2 aromatic rings. The molecule has 1 N–H and O–H groups in total. The minimum absolute atomic E-state index is 0.275. The molecule has 0 radical (unpaired) electrons. The maximum Gasteiger partial charge on any atom is 0.433 e. The van der Waals surface area contributed by atoms with Gasteiger partial charge in [-0.1, -0.05) is 0 Å². The second-order valence-electron chi connectivity index (χ2n) is 4.71. The van der Waals surface area contributed by atoms with Gasteiger partial charge in [-0.25, -0.2) is 4.98 Å². The minimum atomic E-state index is -4.41. The number of alkyl halides is 3. The lowest BCUT2D eigenvalue weighted by Gasteiger charge is -2.08. The molecule has 7 heteroatoms. The van der Waals surface area contributed by atoms with Gasteiger partial charge in [0.1, 0.15) is 5.69 Å². The molecule has 0 unspecified atom stereocenters. The fourth-order valence-corrected chi connectivity index (χ4v) is 1.62. The quantitative estimate of drug-likeness (QED) is 0.934. The normalized spacial score (nSPS) is 11.9. The highest BCUT2D eigenvalue weighted by molar-refractivity contribution is 5.41. The first kappa shape index (κ1) is 14.4. The summed E-state index contributed by atoms with van der Waals surface area (Å²) in [5.74, 6) is 0. The Hall–Kier alpha value is -2.05. The summed E-state index contributed by atoms with van der Waals surface area (Å²) in [4.78, 5) is 3.39. The zero-order valence-electron chi connectivity index (χ0n) is 11.1. The van der Waals surface area contributed by atoms with Gasteiger partial charge in [0.2, 0.25) is 0 Å². The molecule has 0 amide bonds. The maximum atomic E-state index is 12.4. The summed E-state index contributed by atoms with van der Waals surface area (Å²) >= 11 is 0. The van der Waals surface area contributed by atoms with E-state index in [-0.39, 0.29) is 6.04 Å². The van der Waals surface area contributed by atoms with E-state index < -0.39 is 11.9 Å². The van der Waals surface area contributed by atoms with Crippen molar-refractivity contribution in [3.05, 3.63) is 42.0 Å². The molecule has 2 rings (SSSR count). The third kappa shape index (κ3) is 3.49. The number of halogens is 3. The molecule has 0 spiro atoms. The van der Waals surface area contributed by atoms with Gasteiger partial charge in [-0.15, -0.1) is 0 Å². The molecule has 0 bridgehead atoms. The van der Waals surface area contributed by atoms with E-state index >= 15 is 0 Å². The lowest BCUT2D eigenvalue weighted by atomic mass is 10.3. The SMILES string of the molecule is CC(C)n1cc(CNc2ccc(C(F)(F)F)nc2)cn1. The summed E-state index contributed by atoms with van der Waals surface area (Å²) in [6.07, 6.45) is 0.395. The number of nitrogens with one attached hydrogen (secondary N) is 1. The fourth-order valence-electron chi connectivity index (χ4n) is 1.62. The number of pyridine rings is 1. The highest BCUT2D eigenvalue weighted by atomic mass is 19.4. The number of nitrogens with zero attached hydrogens (tertiary/aromatic N) is 3. The average Bonchev–Trinajstić information content (AvgIpc) is 2.85. The summed E-state index contributed by atoms with van der Waals surface area (Å²) in [6, 6.07) is 2.60. The predicted octanol–water partition coefficient (Wildman–Crippen LogP) is 3.49. The van der Waals surface area contributed by atoms with Crippen LogP contribution >= 0.6 is 0 Å². The van der Waals surface area contributed by atoms with Crippen LogP contribution in [0.25, 0.3) is 0 Å². The first-order valence-electron chi connectivity index (χ1n) is 6.16. The standard InChI is InChI=1S/C13H15F3N4/c1-9(2)20-8-10(6-19-20)5-17-11-3-4-12(18-7-11)13(14,15)16/h3-4,6-9,17H,5H2,1-2H3. The molecule has 0 aliphatic rings. The molecule has 0 aromatic carbocycles. The molecule has 20 heavy (non-hydrogen) atoms. The van der Waals surface area contributed by atoms with Crippen LogP contribution in [0.1, 0.15) is 31.1 Å². The number of hydrogen-bond acceptors (Lipinski definition) is 3. The Kier molecular flexibility index (Phi) is 3.96. The van der Waals surface area contributed by atoms with E-state index in [0.29, 0.717) is 12.2 Å². The average molecular weight is 284 g/mol. The zero-order chi connectivity index (χ0) is 14.8. The number of aromatic nitrogens is 3. The second kappa shape index (κ2) is 5.52. The summed E-state index contributed by atoms with van der Waals surface area (Å²) in [7, 11) is 0. The van der Waals surface area contributed by atoms with Crippen molar-refractivity contribution in [3.63, 3.8) is 0 Å². The van der Waals surface area contributed by atoms with E-state index in [1.54, 1.807) is 6.20 Å². The summed E-state index contributed by atoms with van der Waals surface area (Å²) in [6.45, 7) is 4.52. The van der Waals surface area contributed by atoms with E-state index in [1.165, 1.54) is 12.3 Å². The zero-order valence-corrected chi connectivity index (χ0v) is 11.1. The van der Waals surface area contributed by atoms with Crippen LogP contribution in [0.15, 0.2) is 30.7 Å². The van der Waals surface area contributed by atoms with Gasteiger partial charge in [-0.2, -0.15) is 18.3 Å². The van der Waals surface area contributed by atoms with Crippen LogP contribution in [-0.4, -0.2) is 14.8 Å². The van der Waals surface area contributed by atoms with E-state index in [0.717, 1.165) is 11.6 Å².